The molecule has 0 aliphatic heterocycles. The lowest BCUT2D eigenvalue weighted by Crippen LogP contribution is -2.37. The van der Waals surface area contributed by atoms with E-state index in [4.69, 9.17) is 9.47 Å². The number of benzene rings is 1. The molecule has 136 valence electrons. The van der Waals surface area contributed by atoms with Crippen LogP contribution in [0.5, 0.6) is 5.75 Å². The summed E-state index contributed by atoms with van der Waals surface area (Å²) < 4.78 is 11.0. The van der Waals surface area contributed by atoms with Crippen LogP contribution in [0.1, 0.15) is 41.0 Å². The second kappa shape index (κ2) is 8.45. The third-order valence-electron chi connectivity index (χ3n) is 4.23. The number of hydrogen-bond donors (Lipinski definition) is 0. The van der Waals surface area contributed by atoms with Gasteiger partial charge in [-0.05, 0) is 45.4 Å². The molecule has 2 rings (SSSR count). The van der Waals surface area contributed by atoms with Crippen molar-refractivity contribution in [3.05, 3.63) is 45.4 Å². The summed E-state index contributed by atoms with van der Waals surface area (Å²) in [7, 11) is 3.44. The van der Waals surface area contributed by atoms with Crippen LogP contribution in [0.3, 0.4) is 0 Å². The van der Waals surface area contributed by atoms with Crippen LogP contribution in [-0.2, 0) is 16.1 Å². The lowest BCUT2D eigenvalue weighted by molar-refractivity contribution is -0.144. The number of methoxy groups -OCH3 is 1. The standard InChI is InChI=1S/C19H26N2O3S/c1-12-18(25-15(4)20-12)13(2)21(5)19(22)14(3)24-11-16-8-7-9-17(10-16)23-6/h7-10,13-14H,11H2,1-6H3. The molecule has 1 aromatic carbocycles. The van der Waals surface area contributed by atoms with Gasteiger partial charge in [0.05, 0.1) is 30.5 Å². The Kier molecular flexibility index (Phi) is 6.56. The largest absolute Gasteiger partial charge is 0.497 e. The van der Waals surface area contributed by atoms with Gasteiger partial charge >= 0.3 is 0 Å². The number of ether oxygens (including phenoxy) is 2. The number of hydrogen-bond acceptors (Lipinski definition) is 5. The summed E-state index contributed by atoms with van der Waals surface area (Å²) in [5.74, 6) is 0.739. The molecule has 0 saturated carbocycles. The number of rotatable bonds is 7. The molecule has 2 unspecified atom stereocenters. The Hall–Kier alpha value is -1.92. The van der Waals surface area contributed by atoms with Crippen molar-refractivity contribution >= 4 is 17.2 Å². The quantitative estimate of drug-likeness (QED) is 0.750. The van der Waals surface area contributed by atoms with Crippen LogP contribution in [0.4, 0.5) is 0 Å². The fourth-order valence-electron chi connectivity index (χ4n) is 2.64. The van der Waals surface area contributed by atoms with E-state index in [1.165, 1.54) is 0 Å². The Bertz CT molecular complexity index is 729. The highest BCUT2D eigenvalue weighted by Crippen LogP contribution is 2.28. The van der Waals surface area contributed by atoms with Crippen LogP contribution in [-0.4, -0.2) is 36.1 Å². The van der Waals surface area contributed by atoms with Gasteiger partial charge in [-0.25, -0.2) is 4.98 Å². The minimum absolute atomic E-state index is 0.0263. The molecule has 0 radical (unpaired) electrons. The lowest BCUT2D eigenvalue weighted by Gasteiger charge is -2.27. The van der Waals surface area contributed by atoms with E-state index in [0.29, 0.717) is 6.61 Å². The predicted octanol–water partition coefficient (Wildman–Crippen LogP) is 3.89. The van der Waals surface area contributed by atoms with E-state index in [1.807, 2.05) is 52.1 Å². The van der Waals surface area contributed by atoms with Crippen molar-refractivity contribution in [2.24, 2.45) is 0 Å². The fraction of sp³-hybridized carbons (Fsp3) is 0.474. The number of likely N-dealkylation sites (N-methyl/N-ethyl adjacent to an activating group) is 1. The molecule has 1 aromatic heterocycles. The molecule has 25 heavy (non-hydrogen) atoms. The van der Waals surface area contributed by atoms with E-state index in [0.717, 1.165) is 26.9 Å². The summed E-state index contributed by atoms with van der Waals surface area (Å²) in [5.41, 5.74) is 1.96. The smallest absolute Gasteiger partial charge is 0.251 e. The second-order valence-electron chi connectivity index (χ2n) is 6.11. The van der Waals surface area contributed by atoms with Crippen molar-refractivity contribution in [2.45, 2.75) is 46.4 Å². The number of thiazole rings is 1. The first-order chi connectivity index (χ1) is 11.8. The normalized spacial score (nSPS) is 13.4. The Balaban J connectivity index is 1.97. The van der Waals surface area contributed by atoms with Crippen LogP contribution in [0, 0.1) is 13.8 Å². The highest BCUT2D eigenvalue weighted by molar-refractivity contribution is 7.11. The van der Waals surface area contributed by atoms with Gasteiger partial charge in [-0.3, -0.25) is 4.79 Å². The molecule has 2 aromatic rings. The Morgan fingerprint density at radius 2 is 2.04 bits per heavy atom. The highest BCUT2D eigenvalue weighted by Gasteiger charge is 2.25. The second-order valence-corrected chi connectivity index (χ2v) is 7.35. The number of carbonyl (C=O) groups excluding carboxylic acids is 1. The van der Waals surface area contributed by atoms with E-state index < -0.39 is 6.10 Å². The monoisotopic (exact) mass is 362 g/mol. The zero-order chi connectivity index (χ0) is 18.6. The van der Waals surface area contributed by atoms with Gasteiger partial charge in [0, 0.05) is 11.9 Å². The van der Waals surface area contributed by atoms with Gasteiger partial charge in [0.25, 0.3) is 5.91 Å². The molecule has 6 heteroatoms. The van der Waals surface area contributed by atoms with E-state index in [1.54, 1.807) is 30.3 Å². The average molecular weight is 362 g/mol. The Morgan fingerprint density at radius 3 is 2.64 bits per heavy atom. The maximum Gasteiger partial charge on any atom is 0.251 e. The zero-order valence-corrected chi connectivity index (χ0v) is 16.5. The molecular formula is C19H26N2O3S. The van der Waals surface area contributed by atoms with E-state index >= 15 is 0 Å². The summed E-state index contributed by atoms with van der Waals surface area (Å²) in [6.07, 6.45) is -0.520. The van der Waals surface area contributed by atoms with Crippen molar-refractivity contribution in [3.63, 3.8) is 0 Å². The summed E-state index contributed by atoms with van der Waals surface area (Å²) in [5, 5.41) is 1.02. The number of amides is 1. The van der Waals surface area contributed by atoms with Crippen molar-refractivity contribution in [1.29, 1.82) is 0 Å². The SMILES string of the molecule is COc1cccc(COC(C)C(=O)N(C)C(C)c2sc(C)nc2C)c1. The molecule has 0 spiro atoms. The maximum absolute atomic E-state index is 12.7. The average Bonchev–Trinajstić information content (AvgIpc) is 2.96. The highest BCUT2D eigenvalue weighted by atomic mass is 32.1. The molecule has 1 amide bonds. The molecule has 0 fully saturated rings. The van der Waals surface area contributed by atoms with Crippen molar-refractivity contribution in [3.8, 4) is 5.75 Å². The lowest BCUT2D eigenvalue weighted by atomic mass is 10.2. The van der Waals surface area contributed by atoms with Crippen LogP contribution >= 0.6 is 11.3 Å². The van der Waals surface area contributed by atoms with E-state index in [9.17, 15) is 4.79 Å². The molecular weight excluding hydrogens is 336 g/mol. The summed E-state index contributed by atoms with van der Waals surface area (Å²) in [6.45, 7) is 8.14. The van der Waals surface area contributed by atoms with Gasteiger partial charge in [0.1, 0.15) is 11.9 Å². The molecule has 0 bridgehead atoms. The molecule has 1 heterocycles. The molecule has 0 saturated heterocycles. The van der Waals surface area contributed by atoms with Crippen molar-refractivity contribution in [2.75, 3.05) is 14.2 Å². The number of carbonyl (C=O) groups is 1. The van der Waals surface area contributed by atoms with Gasteiger partial charge in [0.2, 0.25) is 0 Å². The van der Waals surface area contributed by atoms with Gasteiger partial charge in [-0.1, -0.05) is 12.1 Å². The maximum atomic E-state index is 12.7. The Morgan fingerprint density at radius 1 is 1.32 bits per heavy atom. The minimum Gasteiger partial charge on any atom is -0.497 e. The zero-order valence-electron chi connectivity index (χ0n) is 15.7. The summed E-state index contributed by atoms with van der Waals surface area (Å²) >= 11 is 1.63. The number of aryl methyl sites for hydroxylation is 2. The van der Waals surface area contributed by atoms with Crippen LogP contribution in [0.2, 0.25) is 0 Å². The molecule has 5 nitrogen and oxygen atoms in total. The minimum atomic E-state index is -0.520. The van der Waals surface area contributed by atoms with Gasteiger partial charge in [-0.2, -0.15) is 0 Å². The van der Waals surface area contributed by atoms with Crippen LogP contribution in [0.25, 0.3) is 0 Å². The summed E-state index contributed by atoms with van der Waals surface area (Å²) in [4.78, 5) is 20.0. The third kappa shape index (κ3) is 4.80. The molecule has 0 aliphatic carbocycles. The first kappa shape index (κ1) is 19.4. The molecule has 0 aliphatic rings. The Labute approximate surface area is 153 Å². The first-order valence-corrected chi connectivity index (χ1v) is 9.10. The molecule has 0 N–H and O–H groups in total. The molecule has 2 atom stereocenters. The van der Waals surface area contributed by atoms with Crippen LogP contribution < -0.4 is 4.74 Å². The first-order valence-electron chi connectivity index (χ1n) is 8.28. The summed E-state index contributed by atoms with van der Waals surface area (Å²) in [6, 6.07) is 7.63. The fourth-order valence-corrected chi connectivity index (χ4v) is 3.67. The predicted molar refractivity (Wildman–Crippen MR) is 100 cm³/mol. The number of aromatic nitrogens is 1. The van der Waals surface area contributed by atoms with Crippen molar-refractivity contribution < 1.29 is 14.3 Å². The van der Waals surface area contributed by atoms with Gasteiger partial charge < -0.3 is 14.4 Å². The van der Waals surface area contributed by atoms with Gasteiger partial charge in [-0.15, -0.1) is 11.3 Å². The topological polar surface area (TPSA) is 51.7 Å². The third-order valence-corrected chi connectivity index (χ3v) is 5.47. The van der Waals surface area contributed by atoms with Gasteiger partial charge in [0.15, 0.2) is 0 Å². The van der Waals surface area contributed by atoms with E-state index in [-0.39, 0.29) is 11.9 Å². The number of nitrogens with zero attached hydrogens (tertiary/aromatic N) is 2. The van der Waals surface area contributed by atoms with Crippen molar-refractivity contribution in [1.82, 2.24) is 9.88 Å². The van der Waals surface area contributed by atoms with E-state index in [2.05, 4.69) is 4.98 Å². The van der Waals surface area contributed by atoms with Crippen LogP contribution in [0.15, 0.2) is 24.3 Å².